The van der Waals surface area contributed by atoms with E-state index in [2.05, 4.69) is 44.4 Å². The first kappa shape index (κ1) is 28.2. The van der Waals surface area contributed by atoms with E-state index in [4.69, 9.17) is 24.4 Å². The highest BCUT2D eigenvalue weighted by molar-refractivity contribution is 5.87. The predicted octanol–water partition coefficient (Wildman–Crippen LogP) is 6.51. The van der Waals surface area contributed by atoms with Crippen molar-refractivity contribution in [1.82, 2.24) is 15.0 Å². The zero-order valence-electron chi connectivity index (χ0n) is 23.3. The predicted molar refractivity (Wildman–Crippen MR) is 150 cm³/mol. The van der Waals surface area contributed by atoms with Crippen molar-refractivity contribution in [2.45, 2.75) is 84.7 Å². The number of methoxy groups -OCH3 is 2. The fourth-order valence-electron chi connectivity index (χ4n) is 4.24. The Morgan fingerprint density at radius 3 is 2.54 bits per heavy atom. The van der Waals surface area contributed by atoms with E-state index < -0.39 is 0 Å². The third-order valence-electron chi connectivity index (χ3n) is 6.69. The molecule has 0 aliphatic rings. The molecule has 0 saturated heterocycles. The average Bonchev–Trinajstić information content (AvgIpc) is 2.89. The Morgan fingerprint density at radius 2 is 1.89 bits per heavy atom. The van der Waals surface area contributed by atoms with Gasteiger partial charge in [0.15, 0.2) is 5.82 Å². The lowest BCUT2D eigenvalue weighted by Crippen LogP contribution is -2.36. The molecule has 0 unspecified atom stereocenters. The molecule has 8 nitrogen and oxygen atoms in total. The monoisotopic (exact) mass is 507 g/mol. The third-order valence-corrected chi connectivity index (χ3v) is 6.69. The number of rotatable bonds is 14. The van der Waals surface area contributed by atoms with Crippen LogP contribution in [0.5, 0.6) is 11.5 Å². The van der Waals surface area contributed by atoms with Gasteiger partial charge < -0.3 is 24.9 Å². The third kappa shape index (κ3) is 7.54. The molecule has 0 fully saturated rings. The highest BCUT2D eigenvalue weighted by atomic mass is 16.5. The van der Waals surface area contributed by atoms with Crippen molar-refractivity contribution in [3.05, 3.63) is 41.6 Å². The summed E-state index contributed by atoms with van der Waals surface area (Å²) in [4.78, 5) is 26.2. The molecule has 2 N–H and O–H groups in total. The molecule has 0 aliphatic carbocycles. The van der Waals surface area contributed by atoms with Crippen molar-refractivity contribution >= 4 is 28.6 Å². The van der Waals surface area contributed by atoms with E-state index in [1.807, 2.05) is 24.4 Å². The van der Waals surface area contributed by atoms with Crippen LogP contribution < -0.4 is 20.1 Å². The first-order valence-corrected chi connectivity index (χ1v) is 13.1. The van der Waals surface area contributed by atoms with Crippen LogP contribution in [0.1, 0.15) is 83.8 Å². The van der Waals surface area contributed by atoms with Crippen molar-refractivity contribution in [2.75, 3.05) is 24.9 Å². The summed E-state index contributed by atoms with van der Waals surface area (Å²) in [5.41, 5.74) is 3.28. The van der Waals surface area contributed by atoms with E-state index in [1.54, 1.807) is 21.1 Å². The number of ether oxygens (including phenoxy) is 2. The van der Waals surface area contributed by atoms with Crippen molar-refractivity contribution < 1.29 is 14.3 Å². The molecule has 3 rings (SSSR count). The molecular formula is C29H41N5O3. The van der Waals surface area contributed by atoms with Crippen LogP contribution in [0.25, 0.3) is 11.0 Å². The summed E-state index contributed by atoms with van der Waals surface area (Å²) in [7, 11) is 3.28. The van der Waals surface area contributed by atoms with Crippen LogP contribution in [0.2, 0.25) is 0 Å². The fraction of sp³-hybridized carbons (Fsp3) is 0.517. The quantitative estimate of drug-likeness (QED) is 0.255. The second kappa shape index (κ2) is 12.7. The number of fused-ring (bicyclic) bond motifs is 1. The SMILES string of the molecule is CCCC[C@](C)(CCC(C)=O)Nc1nc(NCc2ccc(OC)cc2OC)nc2cc(C(C)C)cnc12. The van der Waals surface area contributed by atoms with Crippen LogP contribution in [0.3, 0.4) is 0 Å². The maximum Gasteiger partial charge on any atom is 0.225 e. The highest BCUT2D eigenvalue weighted by Crippen LogP contribution is 2.31. The number of benzene rings is 1. The minimum absolute atomic E-state index is 0.188. The smallest absolute Gasteiger partial charge is 0.225 e. The van der Waals surface area contributed by atoms with Crippen LogP contribution in [0.15, 0.2) is 30.5 Å². The number of aromatic nitrogens is 3. The van der Waals surface area contributed by atoms with E-state index in [0.29, 0.717) is 30.6 Å². The Balaban J connectivity index is 1.99. The van der Waals surface area contributed by atoms with Gasteiger partial charge in [0, 0.05) is 36.3 Å². The maximum atomic E-state index is 11.8. The van der Waals surface area contributed by atoms with Gasteiger partial charge in [-0.15, -0.1) is 0 Å². The standard InChI is InChI=1S/C29H41N5O3/c1-8-9-13-29(5,14-12-20(4)35)34-27-26-24(15-22(18-30-26)19(2)3)32-28(33-27)31-17-21-10-11-23(36-6)16-25(21)37-7/h10-11,15-16,18-19H,8-9,12-14,17H2,1-7H3,(H2,31,32,33,34)/t29-/m1/s1. The van der Waals surface area contributed by atoms with Crippen LogP contribution in [-0.2, 0) is 11.3 Å². The second-order valence-electron chi connectivity index (χ2n) is 10.2. The Labute approximate surface area is 220 Å². The zero-order valence-corrected chi connectivity index (χ0v) is 23.3. The van der Waals surface area contributed by atoms with Crippen molar-refractivity contribution in [1.29, 1.82) is 0 Å². The van der Waals surface area contributed by atoms with Gasteiger partial charge in [-0.1, -0.05) is 33.6 Å². The first-order chi connectivity index (χ1) is 17.7. The summed E-state index contributed by atoms with van der Waals surface area (Å²) in [5, 5.41) is 7.04. The van der Waals surface area contributed by atoms with Crippen LogP contribution in [0, 0.1) is 0 Å². The molecule has 0 bridgehead atoms. The minimum Gasteiger partial charge on any atom is -0.497 e. The Kier molecular flexibility index (Phi) is 9.66. The summed E-state index contributed by atoms with van der Waals surface area (Å²) < 4.78 is 10.9. The molecule has 1 atom stereocenters. The number of anilines is 2. The summed E-state index contributed by atoms with van der Waals surface area (Å²) >= 11 is 0. The molecule has 0 radical (unpaired) electrons. The van der Waals surface area contributed by atoms with E-state index in [9.17, 15) is 4.79 Å². The van der Waals surface area contributed by atoms with E-state index in [-0.39, 0.29) is 11.3 Å². The average molecular weight is 508 g/mol. The van der Waals surface area contributed by atoms with E-state index in [1.165, 1.54) is 0 Å². The van der Waals surface area contributed by atoms with Crippen molar-refractivity contribution in [3.63, 3.8) is 0 Å². The molecule has 0 amide bonds. The van der Waals surface area contributed by atoms with Gasteiger partial charge in [0.1, 0.15) is 22.8 Å². The van der Waals surface area contributed by atoms with Crippen molar-refractivity contribution in [3.8, 4) is 11.5 Å². The molecule has 2 aromatic heterocycles. The topological polar surface area (TPSA) is 98.3 Å². The van der Waals surface area contributed by atoms with Gasteiger partial charge in [-0.3, -0.25) is 4.98 Å². The molecule has 3 aromatic rings. The van der Waals surface area contributed by atoms with Crippen LogP contribution >= 0.6 is 0 Å². The number of hydrogen-bond acceptors (Lipinski definition) is 8. The molecule has 2 heterocycles. The number of hydrogen-bond donors (Lipinski definition) is 2. The molecular weight excluding hydrogens is 466 g/mol. The van der Waals surface area contributed by atoms with Crippen molar-refractivity contribution in [2.24, 2.45) is 0 Å². The van der Waals surface area contributed by atoms with Gasteiger partial charge in [0.25, 0.3) is 0 Å². The zero-order chi connectivity index (χ0) is 27.0. The lowest BCUT2D eigenvalue weighted by Gasteiger charge is -2.32. The number of nitrogens with zero attached hydrogens (tertiary/aromatic N) is 3. The number of carbonyl (C=O) groups excluding carboxylic acids is 1. The number of ketones is 1. The van der Waals surface area contributed by atoms with Gasteiger partial charge in [-0.2, -0.15) is 4.98 Å². The maximum absolute atomic E-state index is 11.8. The number of nitrogens with one attached hydrogen (secondary N) is 2. The second-order valence-corrected chi connectivity index (χ2v) is 10.2. The first-order valence-electron chi connectivity index (χ1n) is 13.1. The lowest BCUT2D eigenvalue weighted by atomic mass is 9.89. The van der Waals surface area contributed by atoms with Gasteiger partial charge in [-0.25, -0.2) is 4.98 Å². The van der Waals surface area contributed by atoms with Crippen LogP contribution in [-0.4, -0.2) is 40.5 Å². The van der Waals surface area contributed by atoms with E-state index >= 15 is 0 Å². The number of Topliss-reactive ketones (excluding diaryl/α,β-unsaturated/α-hetero) is 1. The Hall–Kier alpha value is -3.42. The van der Waals surface area contributed by atoms with Gasteiger partial charge in [0.05, 0.1) is 19.7 Å². The largest absolute Gasteiger partial charge is 0.497 e. The number of carbonyl (C=O) groups is 1. The minimum atomic E-state index is -0.294. The normalized spacial score (nSPS) is 12.9. The molecule has 200 valence electrons. The van der Waals surface area contributed by atoms with Gasteiger partial charge in [-0.05, 0) is 56.4 Å². The van der Waals surface area contributed by atoms with Gasteiger partial charge >= 0.3 is 0 Å². The number of pyridine rings is 1. The van der Waals surface area contributed by atoms with Gasteiger partial charge in [0.2, 0.25) is 5.95 Å². The summed E-state index contributed by atoms with van der Waals surface area (Å²) in [6, 6.07) is 7.81. The summed E-state index contributed by atoms with van der Waals surface area (Å²) in [6.07, 6.45) is 6.20. The molecule has 8 heteroatoms. The fourth-order valence-corrected chi connectivity index (χ4v) is 4.24. The summed E-state index contributed by atoms with van der Waals surface area (Å²) in [5.74, 6) is 3.15. The Morgan fingerprint density at radius 1 is 1.11 bits per heavy atom. The Bertz CT molecular complexity index is 1210. The molecule has 37 heavy (non-hydrogen) atoms. The summed E-state index contributed by atoms with van der Waals surface area (Å²) in [6.45, 7) is 10.7. The molecule has 0 spiro atoms. The molecule has 1 aromatic carbocycles. The van der Waals surface area contributed by atoms with Crippen LogP contribution in [0.4, 0.5) is 11.8 Å². The molecule has 0 saturated carbocycles. The number of unbranched alkanes of at least 4 members (excludes halogenated alkanes) is 1. The highest BCUT2D eigenvalue weighted by Gasteiger charge is 2.26. The lowest BCUT2D eigenvalue weighted by molar-refractivity contribution is -0.117. The van der Waals surface area contributed by atoms with E-state index in [0.717, 1.165) is 59.3 Å². The molecule has 0 aliphatic heterocycles.